The molecule has 2 bridgehead atoms. The lowest BCUT2D eigenvalue weighted by Gasteiger charge is -2.50. The zero-order chi connectivity index (χ0) is 14.2. The number of hydrogen-bond acceptors (Lipinski definition) is 3. The average molecular weight is 275 g/mol. The summed E-state index contributed by atoms with van der Waals surface area (Å²) >= 11 is 0. The Hall–Kier alpha value is -1.06. The van der Waals surface area contributed by atoms with Crippen molar-refractivity contribution in [1.29, 1.82) is 0 Å². The molecule has 1 N–H and O–H groups in total. The van der Waals surface area contributed by atoms with Crippen LogP contribution in [0.1, 0.15) is 44.6 Å². The molecule has 110 valence electrons. The zero-order valence-corrected chi connectivity index (χ0v) is 12.5. The molecule has 3 rings (SSSR count). The summed E-state index contributed by atoms with van der Waals surface area (Å²) in [5.74, 6) is 0.882. The van der Waals surface area contributed by atoms with Gasteiger partial charge in [0.1, 0.15) is 5.75 Å². The third kappa shape index (κ3) is 2.45. The van der Waals surface area contributed by atoms with Crippen LogP contribution in [0.15, 0.2) is 24.3 Å². The van der Waals surface area contributed by atoms with Crippen molar-refractivity contribution in [3.05, 3.63) is 29.8 Å². The van der Waals surface area contributed by atoms with Crippen molar-refractivity contribution in [1.82, 2.24) is 4.90 Å². The van der Waals surface area contributed by atoms with Gasteiger partial charge in [-0.15, -0.1) is 0 Å². The van der Waals surface area contributed by atoms with E-state index in [-0.39, 0.29) is 0 Å². The van der Waals surface area contributed by atoms with Crippen LogP contribution < -0.4 is 4.74 Å². The minimum absolute atomic E-state index is 0.527. The van der Waals surface area contributed by atoms with Crippen molar-refractivity contribution in [3.8, 4) is 5.75 Å². The summed E-state index contributed by atoms with van der Waals surface area (Å²) in [6.45, 7) is 2.66. The molecule has 0 amide bonds. The Balaban J connectivity index is 1.81. The van der Waals surface area contributed by atoms with Crippen LogP contribution in [0.25, 0.3) is 0 Å². The molecule has 2 atom stereocenters. The normalized spacial score (nSPS) is 34.0. The van der Waals surface area contributed by atoms with E-state index in [2.05, 4.69) is 11.9 Å². The summed E-state index contributed by atoms with van der Waals surface area (Å²) in [4.78, 5) is 2.48. The third-order valence-electron chi connectivity index (χ3n) is 5.08. The van der Waals surface area contributed by atoms with Crippen LogP contribution >= 0.6 is 0 Å². The Labute approximate surface area is 121 Å². The van der Waals surface area contributed by atoms with Crippen molar-refractivity contribution >= 4 is 0 Å². The molecule has 0 saturated carbocycles. The highest BCUT2D eigenvalue weighted by atomic mass is 16.5. The first kappa shape index (κ1) is 13.9. The maximum Gasteiger partial charge on any atom is 0.119 e. The topological polar surface area (TPSA) is 32.7 Å². The second kappa shape index (κ2) is 5.38. The predicted octanol–water partition coefficient (Wildman–Crippen LogP) is 2.92. The highest BCUT2D eigenvalue weighted by molar-refractivity contribution is 5.32. The molecule has 0 aromatic heterocycles. The van der Waals surface area contributed by atoms with Crippen molar-refractivity contribution < 1.29 is 9.84 Å². The molecule has 0 radical (unpaired) electrons. The Morgan fingerprint density at radius 3 is 2.35 bits per heavy atom. The predicted molar refractivity (Wildman–Crippen MR) is 79.9 cm³/mol. The molecular formula is C17H25NO2. The van der Waals surface area contributed by atoms with Crippen LogP contribution in [0, 0.1) is 0 Å². The first-order valence-corrected chi connectivity index (χ1v) is 7.80. The first-order valence-electron chi connectivity index (χ1n) is 7.80. The van der Waals surface area contributed by atoms with Crippen LogP contribution in [-0.2, 0) is 5.60 Å². The summed E-state index contributed by atoms with van der Waals surface area (Å²) in [6.07, 6.45) is 5.44. The molecule has 2 unspecified atom stereocenters. The van der Waals surface area contributed by atoms with E-state index >= 15 is 0 Å². The van der Waals surface area contributed by atoms with Crippen LogP contribution in [0.5, 0.6) is 5.75 Å². The molecule has 3 heteroatoms. The minimum atomic E-state index is -0.660. The van der Waals surface area contributed by atoms with Gasteiger partial charge in [-0.05, 0) is 57.4 Å². The Morgan fingerprint density at radius 2 is 1.80 bits per heavy atom. The highest BCUT2D eigenvalue weighted by Gasteiger charge is 2.44. The summed E-state index contributed by atoms with van der Waals surface area (Å²) in [5, 5.41) is 11.1. The Kier molecular flexibility index (Phi) is 3.74. The van der Waals surface area contributed by atoms with E-state index in [1.165, 1.54) is 19.3 Å². The number of ether oxygens (including phenoxy) is 1. The van der Waals surface area contributed by atoms with E-state index in [0.717, 1.165) is 24.2 Å². The van der Waals surface area contributed by atoms with E-state index < -0.39 is 5.60 Å². The standard InChI is InChI=1S/C17H25NO2/c1-3-20-16-9-7-13(8-10-16)17(19)11-14-5-4-6-15(12-17)18(14)2/h7-10,14-15,19H,3-6,11-12H2,1-2H3. The van der Waals surface area contributed by atoms with Gasteiger partial charge in [0.05, 0.1) is 12.2 Å². The lowest BCUT2D eigenvalue weighted by Crippen LogP contribution is -2.55. The number of hydrogen-bond donors (Lipinski definition) is 1. The third-order valence-corrected chi connectivity index (χ3v) is 5.08. The molecule has 1 aromatic rings. The zero-order valence-electron chi connectivity index (χ0n) is 12.5. The van der Waals surface area contributed by atoms with E-state index in [4.69, 9.17) is 4.74 Å². The molecular weight excluding hydrogens is 250 g/mol. The molecule has 2 fully saturated rings. The van der Waals surface area contributed by atoms with Gasteiger partial charge in [0, 0.05) is 12.1 Å². The quantitative estimate of drug-likeness (QED) is 0.920. The molecule has 0 spiro atoms. The van der Waals surface area contributed by atoms with Gasteiger partial charge in [0.2, 0.25) is 0 Å². The fraction of sp³-hybridized carbons (Fsp3) is 0.647. The highest BCUT2D eigenvalue weighted by Crippen LogP contribution is 2.43. The summed E-state index contributed by atoms with van der Waals surface area (Å²) < 4.78 is 5.48. The fourth-order valence-electron chi connectivity index (χ4n) is 3.91. The SMILES string of the molecule is CCOc1ccc(C2(O)CC3CCCC(C2)N3C)cc1. The molecule has 0 aliphatic carbocycles. The van der Waals surface area contributed by atoms with Gasteiger partial charge < -0.3 is 14.7 Å². The number of rotatable bonds is 3. The number of benzene rings is 1. The lowest BCUT2D eigenvalue weighted by atomic mass is 9.73. The lowest BCUT2D eigenvalue weighted by molar-refractivity contribution is -0.0874. The fourth-order valence-corrected chi connectivity index (χ4v) is 3.91. The van der Waals surface area contributed by atoms with Crippen molar-refractivity contribution in [3.63, 3.8) is 0 Å². The van der Waals surface area contributed by atoms with Gasteiger partial charge >= 0.3 is 0 Å². The smallest absolute Gasteiger partial charge is 0.119 e. The van der Waals surface area contributed by atoms with E-state index in [0.29, 0.717) is 18.7 Å². The van der Waals surface area contributed by atoms with Crippen molar-refractivity contribution in [2.45, 2.75) is 56.7 Å². The molecule has 2 heterocycles. The van der Waals surface area contributed by atoms with Gasteiger partial charge in [-0.1, -0.05) is 18.6 Å². The molecule has 2 aliphatic rings. The second-order valence-corrected chi connectivity index (χ2v) is 6.30. The van der Waals surface area contributed by atoms with Gasteiger partial charge in [-0.3, -0.25) is 0 Å². The average Bonchev–Trinajstić information content (AvgIpc) is 2.42. The summed E-state index contributed by atoms with van der Waals surface area (Å²) in [6, 6.07) is 9.08. The molecule has 3 nitrogen and oxygen atoms in total. The first-order chi connectivity index (χ1) is 9.62. The van der Waals surface area contributed by atoms with Crippen LogP contribution in [0.4, 0.5) is 0 Å². The number of aliphatic hydroxyl groups is 1. The molecule has 1 aromatic carbocycles. The summed E-state index contributed by atoms with van der Waals surface area (Å²) in [5.41, 5.74) is 0.387. The maximum absolute atomic E-state index is 11.1. The van der Waals surface area contributed by atoms with Crippen LogP contribution in [0.2, 0.25) is 0 Å². The number of piperidine rings is 2. The van der Waals surface area contributed by atoms with Gasteiger partial charge in [0.25, 0.3) is 0 Å². The molecule has 2 aliphatic heterocycles. The largest absolute Gasteiger partial charge is 0.494 e. The van der Waals surface area contributed by atoms with Gasteiger partial charge in [-0.25, -0.2) is 0 Å². The van der Waals surface area contributed by atoms with E-state index in [1.807, 2.05) is 31.2 Å². The minimum Gasteiger partial charge on any atom is -0.494 e. The molecule has 20 heavy (non-hydrogen) atoms. The number of nitrogens with zero attached hydrogens (tertiary/aromatic N) is 1. The number of fused-ring (bicyclic) bond motifs is 2. The van der Waals surface area contributed by atoms with Gasteiger partial charge in [-0.2, -0.15) is 0 Å². The monoisotopic (exact) mass is 275 g/mol. The Morgan fingerprint density at radius 1 is 1.20 bits per heavy atom. The molecule has 2 saturated heterocycles. The summed E-state index contributed by atoms with van der Waals surface area (Å²) in [7, 11) is 2.21. The second-order valence-electron chi connectivity index (χ2n) is 6.30. The van der Waals surface area contributed by atoms with Gasteiger partial charge in [0.15, 0.2) is 0 Å². The maximum atomic E-state index is 11.1. The van der Waals surface area contributed by atoms with Crippen molar-refractivity contribution in [2.24, 2.45) is 0 Å². The van der Waals surface area contributed by atoms with E-state index in [9.17, 15) is 5.11 Å². The Bertz CT molecular complexity index is 443. The van der Waals surface area contributed by atoms with E-state index in [1.54, 1.807) is 0 Å². The van der Waals surface area contributed by atoms with Crippen molar-refractivity contribution in [2.75, 3.05) is 13.7 Å². The van der Waals surface area contributed by atoms with Crippen LogP contribution in [0.3, 0.4) is 0 Å². The van der Waals surface area contributed by atoms with Crippen LogP contribution in [-0.4, -0.2) is 35.7 Å².